The Morgan fingerprint density at radius 2 is 1.97 bits per heavy atom. The molecule has 4 rings (SSSR count). The number of ketones is 1. The Hall–Kier alpha value is -3.11. The van der Waals surface area contributed by atoms with E-state index in [2.05, 4.69) is 4.85 Å². The van der Waals surface area contributed by atoms with E-state index < -0.39 is 11.4 Å². The molecule has 1 aliphatic carbocycles. The minimum absolute atomic E-state index is 0.00952. The maximum Gasteiger partial charge on any atom is 0.259 e. The number of hydrogen-bond donors (Lipinski definition) is 0. The number of aryl methyl sites for hydroxylation is 1. The Morgan fingerprint density at radius 3 is 2.48 bits per heavy atom. The van der Waals surface area contributed by atoms with E-state index in [1.54, 1.807) is 29.2 Å². The lowest BCUT2D eigenvalue weighted by atomic mass is 9.75. The van der Waals surface area contributed by atoms with Crippen molar-refractivity contribution in [3.05, 3.63) is 64.8 Å². The third-order valence-electron chi connectivity index (χ3n) is 5.73. The average Bonchev–Trinajstić information content (AvgIpc) is 2.88. The summed E-state index contributed by atoms with van der Waals surface area (Å²) in [5.41, 5.74) is 1.52. The van der Waals surface area contributed by atoms with Gasteiger partial charge in [0.25, 0.3) is 5.91 Å². The SMILES string of the molecule is [C-]#[N+]c1ccc(N2C(=O)C3(CCC3)N(c3ccc(C(C)=O)c(F)c3)C2=S)c(C)c1. The number of hydrogen-bond acceptors (Lipinski definition) is 3. The average molecular weight is 407 g/mol. The summed E-state index contributed by atoms with van der Waals surface area (Å²) >= 11 is 5.68. The van der Waals surface area contributed by atoms with Crippen LogP contribution in [0.25, 0.3) is 4.85 Å². The van der Waals surface area contributed by atoms with Gasteiger partial charge in [-0.15, -0.1) is 0 Å². The summed E-state index contributed by atoms with van der Waals surface area (Å²) in [4.78, 5) is 31.7. The maximum atomic E-state index is 14.5. The van der Waals surface area contributed by atoms with Crippen molar-refractivity contribution < 1.29 is 14.0 Å². The number of halogens is 1. The van der Waals surface area contributed by atoms with Gasteiger partial charge in [-0.3, -0.25) is 14.5 Å². The van der Waals surface area contributed by atoms with Crippen LogP contribution in [0.2, 0.25) is 0 Å². The van der Waals surface area contributed by atoms with Crippen LogP contribution in [-0.4, -0.2) is 22.3 Å². The number of Topliss-reactive ketones (excluding diaryl/α,β-unsaturated/α-hetero) is 1. The van der Waals surface area contributed by atoms with Gasteiger partial charge in [-0.1, -0.05) is 12.1 Å². The van der Waals surface area contributed by atoms with Crippen LogP contribution in [0, 0.1) is 19.3 Å². The molecule has 1 aliphatic heterocycles. The van der Waals surface area contributed by atoms with Crippen LogP contribution < -0.4 is 9.80 Å². The quantitative estimate of drug-likeness (QED) is 0.410. The molecular weight excluding hydrogens is 389 g/mol. The van der Waals surface area contributed by atoms with Crippen molar-refractivity contribution in [2.75, 3.05) is 9.80 Å². The standard InChI is InChI=1S/C22H18FN3O2S/c1-13-11-15(24-3)5-8-19(13)25-20(28)22(9-4-10-22)26(21(25)29)16-6-7-17(14(2)27)18(23)12-16/h5-8,11-12H,4,9-10H2,1-2H3. The van der Waals surface area contributed by atoms with E-state index in [4.69, 9.17) is 18.8 Å². The molecule has 0 radical (unpaired) electrons. The number of amides is 1. The summed E-state index contributed by atoms with van der Waals surface area (Å²) in [5.74, 6) is -1.12. The summed E-state index contributed by atoms with van der Waals surface area (Å²) in [7, 11) is 0. The van der Waals surface area contributed by atoms with E-state index in [9.17, 15) is 14.0 Å². The van der Waals surface area contributed by atoms with Gasteiger partial charge in [0.2, 0.25) is 0 Å². The molecule has 1 heterocycles. The summed E-state index contributed by atoms with van der Waals surface area (Å²) in [5, 5.41) is 0.281. The summed E-state index contributed by atoms with van der Waals surface area (Å²) in [6.45, 7) is 10.3. The molecule has 2 aromatic carbocycles. The van der Waals surface area contributed by atoms with Crippen LogP contribution in [-0.2, 0) is 4.79 Å². The number of rotatable bonds is 3. The first-order valence-electron chi connectivity index (χ1n) is 9.27. The maximum absolute atomic E-state index is 14.5. The minimum atomic E-state index is -0.827. The zero-order valence-electron chi connectivity index (χ0n) is 16.0. The Balaban J connectivity index is 1.81. The predicted octanol–water partition coefficient (Wildman–Crippen LogP) is 4.95. The number of nitrogens with zero attached hydrogens (tertiary/aromatic N) is 3. The molecule has 0 N–H and O–H groups in total. The third-order valence-corrected chi connectivity index (χ3v) is 6.10. The van der Waals surface area contributed by atoms with Crippen molar-refractivity contribution in [1.29, 1.82) is 0 Å². The second-order valence-corrected chi connectivity index (χ2v) is 7.81. The van der Waals surface area contributed by atoms with Gasteiger partial charge in [-0.05, 0) is 75.2 Å². The summed E-state index contributed by atoms with van der Waals surface area (Å²) in [6.07, 6.45) is 2.12. The summed E-state index contributed by atoms with van der Waals surface area (Å²) < 4.78 is 14.5. The van der Waals surface area contributed by atoms with Gasteiger partial charge in [0.15, 0.2) is 16.6 Å². The lowest BCUT2D eigenvalue weighted by Gasteiger charge is -2.43. The Kier molecular flexibility index (Phi) is 4.47. The highest BCUT2D eigenvalue weighted by Crippen LogP contribution is 2.48. The second kappa shape index (κ2) is 6.75. The van der Waals surface area contributed by atoms with Crippen LogP contribution in [0.1, 0.15) is 42.1 Å². The first kappa shape index (κ1) is 19.2. The van der Waals surface area contributed by atoms with Crippen molar-refractivity contribution in [2.24, 2.45) is 0 Å². The fourth-order valence-electron chi connectivity index (χ4n) is 4.08. The molecule has 0 unspecified atom stereocenters. The molecule has 29 heavy (non-hydrogen) atoms. The third kappa shape index (κ3) is 2.75. The molecule has 2 aromatic rings. The number of thiocarbonyl (C=S) groups is 1. The Labute approximate surface area is 173 Å². The van der Waals surface area contributed by atoms with Gasteiger partial charge < -0.3 is 4.90 Å². The van der Waals surface area contributed by atoms with Crippen molar-refractivity contribution in [3.63, 3.8) is 0 Å². The molecule has 5 nitrogen and oxygen atoms in total. The monoisotopic (exact) mass is 407 g/mol. The van der Waals surface area contributed by atoms with Crippen LogP contribution in [0.4, 0.5) is 21.5 Å². The number of anilines is 2. The van der Waals surface area contributed by atoms with Gasteiger partial charge in [-0.2, -0.15) is 0 Å². The van der Waals surface area contributed by atoms with E-state index in [1.165, 1.54) is 24.0 Å². The van der Waals surface area contributed by atoms with E-state index >= 15 is 0 Å². The Bertz CT molecular complexity index is 1120. The van der Waals surface area contributed by atoms with Gasteiger partial charge >= 0.3 is 0 Å². The molecule has 2 aliphatic rings. The molecule has 0 aromatic heterocycles. The molecule has 0 atom stereocenters. The van der Waals surface area contributed by atoms with Gasteiger partial charge in [0.05, 0.1) is 17.8 Å². The minimum Gasteiger partial charge on any atom is -0.303 e. The van der Waals surface area contributed by atoms with Crippen LogP contribution in [0.3, 0.4) is 0 Å². The Morgan fingerprint density at radius 1 is 1.24 bits per heavy atom. The first-order valence-corrected chi connectivity index (χ1v) is 9.68. The normalized spacial score (nSPS) is 17.4. The van der Waals surface area contributed by atoms with E-state index in [-0.39, 0.29) is 22.4 Å². The predicted molar refractivity (Wildman–Crippen MR) is 113 cm³/mol. The zero-order valence-corrected chi connectivity index (χ0v) is 16.8. The van der Waals surface area contributed by atoms with Gasteiger partial charge in [0.1, 0.15) is 11.4 Å². The van der Waals surface area contributed by atoms with Crippen molar-refractivity contribution in [3.8, 4) is 0 Å². The lowest BCUT2D eigenvalue weighted by Crippen LogP contribution is -2.55. The van der Waals surface area contributed by atoms with Gasteiger partial charge in [0, 0.05) is 5.69 Å². The second-order valence-electron chi connectivity index (χ2n) is 7.45. The molecule has 0 bridgehead atoms. The van der Waals surface area contributed by atoms with Crippen LogP contribution in [0.15, 0.2) is 36.4 Å². The molecule has 7 heteroatoms. The van der Waals surface area contributed by atoms with Crippen LogP contribution in [0.5, 0.6) is 0 Å². The fourth-order valence-corrected chi connectivity index (χ4v) is 4.54. The van der Waals surface area contributed by atoms with Crippen molar-refractivity contribution >= 4 is 46.1 Å². The van der Waals surface area contributed by atoms with E-state index in [0.717, 1.165) is 12.0 Å². The molecule has 1 amide bonds. The summed E-state index contributed by atoms with van der Waals surface area (Å²) in [6, 6.07) is 9.44. The lowest BCUT2D eigenvalue weighted by molar-refractivity contribution is -0.123. The molecule has 146 valence electrons. The van der Waals surface area contributed by atoms with E-state index in [1.807, 2.05) is 6.92 Å². The van der Waals surface area contributed by atoms with Gasteiger partial charge in [-0.25, -0.2) is 9.24 Å². The molecule has 1 saturated carbocycles. The van der Waals surface area contributed by atoms with Crippen molar-refractivity contribution in [1.82, 2.24) is 0 Å². The molecule has 1 spiro atoms. The topological polar surface area (TPSA) is 45.0 Å². The number of carbonyl (C=O) groups excluding carboxylic acids is 2. The largest absolute Gasteiger partial charge is 0.303 e. The molecule has 2 fully saturated rings. The number of carbonyl (C=O) groups is 2. The highest BCUT2D eigenvalue weighted by molar-refractivity contribution is 7.81. The zero-order chi connectivity index (χ0) is 20.9. The highest BCUT2D eigenvalue weighted by atomic mass is 32.1. The first-order chi connectivity index (χ1) is 13.8. The molecule has 1 saturated heterocycles. The van der Waals surface area contributed by atoms with Crippen molar-refractivity contribution in [2.45, 2.75) is 38.6 Å². The highest BCUT2D eigenvalue weighted by Gasteiger charge is 2.59. The number of benzene rings is 2. The van der Waals surface area contributed by atoms with Crippen LogP contribution >= 0.6 is 12.2 Å². The fraction of sp³-hybridized carbons (Fsp3) is 0.273. The molecular formula is C22H18FN3O2S. The van der Waals surface area contributed by atoms with E-state index in [0.29, 0.717) is 29.9 Å². The smallest absolute Gasteiger partial charge is 0.259 e.